The van der Waals surface area contributed by atoms with Gasteiger partial charge in [0, 0.05) is 11.6 Å². The topological polar surface area (TPSA) is 61.0 Å². The van der Waals surface area contributed by atoms with Crippen LogP contribution in [0.3, 0.4) is 0 Å². The van der Waals surface area contributed by atoms with E-state index >= 15 is 0 Å². The highest BCUT2D eigenvalue weighted by Crippen LogP contribution is 2.26. The molecule has 2 rings (SSSR count). The van der Waals surface area contributed by atoms with Crippen LogP contribution in [0.15, 0.2) is 24.5 Å². The number of benzene rings is 1. The number of nitrogens with two attached hydrogens (primary N) is 1. The van der Waals surface area contributed by atoms with E-state index in [1.165, 1.54) is 31.6 Å². The summed E-state index contributed by atoms with van der Waals surface area (Å²) in [5.74, 6) is -1.08. The molecule has 1 unspecified atom stereocenters. The monoisotopic (exact) mass is 265 g/mol. The van der Waals surface area contributed by atoms with E-state index in [1.807, 2.05) is 0 Å². The molecule has 1 atom stereocenters. The lowest BCUT2D eigenvalue weighted by atomic mass is 10.0. The van der Waals surface area contributed by atoms with E-state index in [4.69, 9.17) is 10.5 Å². The number of halogens is 2. The second kappa shape index (κ2) is 5.27. The SMILES string of the molecule is COc1cc(C(N)c2c(F)ccc(C)c2F)ncn1. The van der Waals surface area contributed by atoms with Crippen LogP contribution in [0.4, 0.5) is 8.78 Å². The Balaban J connectivity index is 2.49. The first kappa shape index (κ1) is 13.4. The number of hydrogen-bond donors (Lipinski definition) is 1. The van der Waals surface area contributed by atoms with Gasteiger partial charge in [-0.2, -0.15) is 0 Å². The van der Waals surface area contributed by atoms with Crippen LogP contribution in [-0.4, -0.2) is 17.1 Å². The van der Waals surface area contributed by atoms with Gasteiger partial charge in [-0.3, -0.25) is 0 Å². The lowest BCUT2D eigenvalue weighted by Gasteiger charge is -2.15. The van der Waals surface area contributed by atoms with Crippen LogP contribution in [-0.2, 0) is 0 Å². The number of aromatic nitrogens is 2. The summed E-state index contributed by atoms with van der Waals surface area (Å²) in [6, 6.07) is 2.98. The molecule has 0 fully saturated rings. The third-order valence-electron chi connectivity index (χ3n) is 2.82. The summed E-state index contributed by atoms with van der Waals surface area (Å²) in [5.41, 5.74) is 6.29. The molecule has 2 N–H and O–H groups in total. The second-order valence-corrected chi connectivity index (χ2v) is 4.05. The van der Waals surface area contributed by atoms with Crippen LogP contribution in [0.2, 0.25) is 0 Å². The van der Waals surface area contributed by atoms with Crippen molar-refractivity contribution in [2.45, 2.75) is 13.0 Å². The third-order valence-corrected chi connectivity index (χ3v) is 2.82. The van der Waals surface area contributed by atoms with E-state index in [0.29, 0.717) is 5.56 Å². The zero-order valence-electron chi connectivity index (χ0n) is 10.5. The van der Waals surface area contributed by atoms with Gasteiger partial charge in [-0.1, -0.05) is 6.07 Å². The summed E-state index contributed by atoms with van der Waals surface area (Å²) >= 11 is 0. The first-order valence-corrected chi connectivity index (χ1v) is 5.60. The van der Waals surface area contributed by atoms with Crippen LogP contribution >= 0.6 is 0 Å². The minimum atomic E-state index is -1.02. The van der Waals surface area contributed by atoms with Crippen molar-refractivity contribution in [2.24, 2.45) is 5.73 Å². The van der Waals surface area contributed by atoms with Crippen molar-refractivity contribution >= 4 is 0 Å². The highest BCUT2D eigenvalue weighted by atomic mass is 19.1. The predicted molar refractivity (Wildman–Crippen MR) is 65.7 cm³/mol. The van der Waals surface area contributed by atoms with Crippen LogP contribution in [0.1, 0.15) is 22.9 Å². The maximum atomic E-state index is 14.0. The molecule has 0 spiro atoms. The summed E-state index contributed by atoms with van der Waals surface area (Å²) in [6.45, 7) is 1.55. The standard InChI is InChI=1S/C13H13F2N3O/c1-7-3-4-8(14)11(12(7)15)13(16)9-5-10(19-2)18-6-17-9/h3-6,13H,16H2,1-2H3. The average molecular weight is 265 g/mol. The minimum absolute atomic E-state index is 0.208. The number of ether oxygens (including phenoxy) is 1. The summed E-state index contributed by atoms with van der Waals surface area (Å²) in [7, 11) is 1.44. The molecule has 0 aliphatic carbocycles. The fraction of sp³-hybridized carbons (Fsp3) is 0.231. The Kier molecular flexibility index (Phi) is 3.71. The number of methoxy groups -OCH3 is 1. The molecule has 4 nitrogen and oxygen atoms in total. The molecule has 1 aromatic carbocycles. The van der Waals surface area contributed by atoms with Crippen molar-refractivity contribution in [3.8, 4) is 5.88 Å². The lowest BCUT2D eigenvalue weighted by molar-refractivity contribution is 0.395. The van der Waals surface area contributed by atoms with Crippen molar-refractivity contribution in [3.63, 3.8) is 0 Å². The zero-order valence-corrected chi connectivity index (χ0v) is 10.5. The number of hydrogen-bond acceptors (Lipinski definition) is 4. The van der Waals surface area contributed by atoms with E-state index in [0.717, 1.165) is 0 Å². The number of nitrogens with zero attached hydrogens (tertiary/aromatic N) is 2. The van der Waals surface area contributed by atoms with E-state index in [-0.39, 0.29) is 17.1 Å². The Bertz CT molecular complexity index is 604. The molecule has 0 saturated heterocycles. The quantitative estimate of drug-likeness (QED) is 0.923. The maximum Gasteiger partial charge on any atom is 0.216 e. The summed E-state index contributed by atoms with van der Waals surface area (Å²) < 4.78 is 32.7. The van der Waals surface area contributed by atoms with Gasteiger partial charge >= 0.3 is 0 Å². The van der Waals surface area contributed by atoms with Crippen molar-refractivity contribution in [3.05, 3.63) is 53.0 Å². The molecule has 0 saturated carbocycles. The highest BCUT2D eigenvalue weighted by molar-refractivity contribution is 5.34. The van der Waals surface area contributed by atoms with Crippen LogP contribution in [0.5, 0.6) is 5.88 Å². The van der Waals surface area contributed by atoms with Gasteiger partial charge in [0.1, 0.15) is 18.0 Å². The molecule has 0 radical (unpaired) electrons. The number of aryl methyl sites for hydroxylation is 1. The first-order chi connectivity index (χ1) is 9.04. The average Bonchev–Trinajstić information content (AvgIpc) is 2.43. The van der Waals surface area contributed by atoms with E-state index in [2.05, 4.69) is 9.97 Å². The van der Waals surface area contributed by atoms with Gasteiger partial charge < -0.3 is 10.5 Å². The largest absolute Gasteiger partial charge is 0.481 e. The Morgan fingerprint density at radius 1 is 1.26 bits per heavy atom. The summed E-state index contributed by atoms with van der Waals surface area (Å²) in [5, 5.41) is 0. The van der Waals surface area contributed by atoms with E-state index in [9.17, 15) is 8.78 Å². The molecule has 1 heterocycles. The van der Waals surface area contributed by atoms with Crippen molar-refractivity contribution in [1.29, 1.82) is 0 Å². The smallest absolute Gasteiger partial charge is 0.216 e. The maximum absolute atomic E-state index is 14.0. The minimum Gasteiger partial charge on any atom is -0.481 e. The molecule has 6 heteroatoms. The van der Waals surface area contributed by atoms with Gasteiger partial charge in [0.2, 0.25) is 5.88 Å². The van der Waals surface area contributed by atoms with Gasteiger partial charge in [0.25, 0.3) is 0 Å². The second-order valence-electron chi connectivity index (χ2n) is 4.05. The van der Waals surface area contributed by atoms with E-state index < -0.39 is 17.7 Å². The van der Waals surface area contributed by atoms with E-state index in [1.54, 1.807) is 6.92 Å². The Hall–Kier alpha value is -2.08. The molecule has 1 aromatic heterocycles. The molecule has 0 amide bonds. The molecule has 0 bridgehead atoms. The van der Waals surface area contributed by atoms with Crippen LogP contribution in [0, 0.1) is 18.6 Å². The molecule has 100 valence electrons. The molecular formula is C13H13F2N3O. The van der Waals surface area contributed by atoms with Gasteiger partial charge in [-0.25, -0.2) is 18.7 Å². The van der Waals surface area contributed by atoms with Gasteiger partial charge in [0.05, 0.1) is 18.8 Å². The van der Waals surface area contributed by atoms with Crippen LogP contribution < -0.4 is 10.5 Å². The fourth-order valence-corrected chi connectivity index (χ4v) is 1.75. The van der Waals surface area contributed by atoms with Crippen molar-refractivity contribution in [2.75, 3.05) is 7.11 Å². The highest BCUT2D eigenvalue weighted by Gasteiger charge is 2.21. The van der Waals surface area contributed by atoms with Crippen molar-refractivity contribution in [1.82, 2.24) is 9.97 Å². The summed E-state index contributed by atoms with van der Waals surface area (Å²) in [4.78, 5) is 7.75. The molecule has 0 aliphatic rings. The molecule has 19 heavy (non-hydrogen) atoms. The normalized spacial score (nSPS) is 12.3. The molecule has 0 aliphatic heterocycles. The number of rotatable bonds is 3. The zero-order chi connectivity index (χ0) is 14.0. The molecular weight excluding hydrogens is 252 g/mol. The molecule has 2 aromatic rings. The Morgan fingerprint density at radius 2 is 2.00 bits per heavy atom. The Morgan fingerprint density at radius 3 is 2.68 bits per heavy atom. The van der Waals surface area contributed by atoms with Crippen molar-refractivity contribution < 1.29 is 13.5 Å². The van der Waals surface area contributed by atoms with Gasteiger partial charge in [-0.15, -0.1) is 0 Å². The summed E-state index contributed by atoms with van der Waals surface area (Å²) in [6.07, 6.45) is 1.24. The fourth-order valence-electron chi connectivity index (χ4n) is 1.75. The van der Waals surface area contributed by atoms with Crippen LogP contribution in [0.25, 0.3) is 0 Å². The Labute approximate surface area is 109 Å². The predicted octanol–water partition coefficient (Wildman–Crippen LogP) is 2.12. The van der Waals surface area contributed by atoms with Gasteiger partial charge in [0.15, 0.2) is 0 Å². The lowest BCUT2D eigenvalue weighted by Crippen LogP contribution is -2.18. The first-order valence-electron chi connectivity index (χ1n) is 5.60. The third kappa shape index (κ3) is 2.53. The van der Waals surface area contributed by atoms with Gasteiger partial charge in [-0.05, 0) is 18.6 Å².